The highest BCUT2D eigenvalue weighted by Gasteiger charge is 2.32. The first-order valence-corrected chi connectivity index (χ1v) is 15.1. The molecule has 0 saturated carbocycles. The summed E-state index contributed by atoms with van der Waals surface area (Å²) < 4.78 is 0. The molecule has 3 atom stereocenters. The van der Waals surface area contributed by atoms with Crippen LogP contribution < -0.4 is 10.6 Å². The van der Waals surface area contributed by atoms with Crippen molar-refractivity contribution in [2.24, 2.45) is 5.92 Å². The maximum absolute atomic E-state index is 10.1. The lowest BCUT2D eigenvalue weighted by molar-refractivity contribution is 0.235. The van der Waals surface area contributed by atoms with Crippen LogP contribution in [-0.2, 0) is 25.7 Å². The summed E-state index contributed by atoms with van der Waals surface area (Å²) in [5.74, 6) is 3.03. The average Bonchev–Trinajstić information content (AvgIpc) is 3.17. The van der Waals surface area contributed by atoms with E-state index in [1.54, 1.807) is 0 Å². The summed E-state index contributed by atoms with van der Waals surface area (Å²) in [6.07, 6.45) is 13.5. The minimum atomic E-state index is 0.278. The molecule has 0 spiro atoms. The van der Waals surface area contributed by atoms with Crippen molar-refractivity contribution in [3.05, 3.63) is 45.9 Å². The van der Waals surface area contributed by atoms with Gasteiger partial charge in [-0.15, -0.1) is 0 Å². The smallest absolute Gasteiger partial charge is 0.135 e. The molecular weight excluding hydrogens is 468 g/mol. The van der Waals surface area contributed by atoms with E-state index in [2.05, 4.69) is 42.8 Å². The molecule has 2 fully saturated rings. The number of nitrogens with zero attached hydrogens (tertiary/aromatic N) is 5. The van der Waals surface area contributed by atoms with Crippen molar-refractivity contribution in [3.63, 3.8) is 0 Å². The highest BCUT2D eigenvalue weighted by atomic mass is 15.2. The molecule has 6 nitrogen and oxygen atoms in total. The van der Waals surface area contributed by atoms with E-state index < -0.39 is 0 Å². The van der Waals surface area contributed by atoms with Crippen molar-refractivity contribution < 1.29 is 0 Å². The van der Waals surface area contributed by atoms with E-state index in [1.165, 1.54) is 73.3 Å². The monoisotopic (exact) mass is 514 g/mol. The standard InChI is InChI=1S/C32H46N6/c1-4-10-23-13-15-27(34)26(21-33)31(23)24-12-14-25-28(20-24)35-30(19-22(2)29-11-9-16-37(29)3)36-32(25)38-17-7-5-6-8-18-38/h13,15,22,24,29H,4-12,14,16-20,34H2,1-3H3. The van der Waals surface area contributed by atoms with E-state index in [9.17, 15) is 5.26 Å². The zero-order valence-corrected chi connectivity index (χ0v) is 23.8. The zero-order valence-electron chi connectivity index (χ0n) is 23.8. The summed E-state index contributed by atoms with van der Waals surface area (Å²) >= 11 is 0. The minimum absolute atomic E-state index is 0.278. The maximum atomic E-state index is 10.1. The molecule has 3 aliphatic rings. The lowest BCUT2D eigenvalue weighted by atomic mass is 9.78. The number of aromatic nitrogens is 2. The number of hydrogen-bond acceptors (Lipinski definition) is 6. The third-order valence-electron chi connectivity index (χ3n) is 9.35. The van der Waals surface area contributed by atoms with Gasteiger partial charge in [0, 0.05) is 36.8 Å². The van der Waals surface area contributed by atoms with Gasteiger partial charge in [-0.3, -0.25) is 0 Å². The van der Waals surface area contributed by atoms with Crippen LogP contribution in [0.25, 0.3) is 0 Å². The van der Waals surface area contributed by atoms with Gasteiger partial charge in [-0.2, -0.15) is 5.26 Å². The van der Waals surface area contributed by atoms with Gasteiger partial charge in [0.2, 0.25) is 0 Å². The molecule has 3 heterocycles. The molecule has 3 unspecified atom stereocenters. The Hall–Kier alpha value is -2.65. The van der Waals surface area contributed by atoms with Crippen LogP contribution in [0.3, 0.4) is 0 Å². The summed E-state index contributed by atoms with van der Waals surface area (Å²) in [6.45, 7) is 7.98. The molecule has 1 aliphatic carbocycles. The van der Waals surface area contributed by atoms with E-state index in [4.69, 9.17) is 15.7 Å². The number of aryl methyl sites for hydroxylation is 1. The Labute approximate surface area is 229 Å². The van der Waals surface area contributed by atoms with Gasteiger partial charge in [0.1, 0.15) is 17.7 Å². The van der Waals surface area contributed by atoms with Crippen molar-refractivity contribution in [1.29, 1.82) is 5.26 Å². The highest BCUT2D eigenvalue weighted by Crippen LogP contribution is 2.40. The topological polar surface area (TPSA) is 82.1 Å². The van der Waals surface area contributed by atoms with Gasteiger partial charge < -0.3 is 15.5 Å². The molecular formula is C32H46N6. The first-order valence-electron chi connectivity index (χ1n) is 15.1. The Morgan fingerprint density at radius 3 is 2.55 bits per heavy atom. The number of fused-ring (bicyclic) bond motifs is 1. The normalized spacial score (nSPS) is 23.1. The van der Waals surface area contributed by atoms with Gasteiger partial charge in [-0.1, -0.05) is 39.2 Å². The van der Waals surface area contributed by atoms with Crippen LogP contribution in [0.15, 0.2) is 12.1 Å². The average molecular weight is 515 g/mol. The summed E-state index contributed by atoms with van der Waals surface area (Å²) in [7, 11) is 2.27. The van der Waals surface area contributed by atoms with Gasteiger partial charge in [-0.25, -0.2) is 9.97 Å². The predicted molar refractivity (Wildman–Crippen MR) is 156 cm³/mol. The number of anilines is 2. The molecule has 2 N–H and O–H groups in total. The molecule has 0 amide bonds. The van der Waals surface area contributed by atoms with E-state index in [1.807, 2.05) is 6.07 Å². The molecule has 0 bridgehead atoms. The van der Waals surface area contributed by atoms with E-state index in [0.29, 0.717) is 23.2 Å². The van der Waals surface area contributed by atoms with Gasteiger partial charge in [-0.05, 0) is 94.0 Å². The lowest BCUT2D eigenvalue weighted by Gasteiger charge is -2.32. The number of nitrogen functional groups attached to an aromatic ring is 1. The Morgan fingerprint density at radius 1 is 1.08 bits per heavy atom. The lowest BCUT2D eigenvalue weighted by Crippen LogP contribution is -2.33. The molecule has 38 heavy (non-hydrogen) atoms. The van der Waals surface area contributed by atoms with Crippen LogP contribution in [0, 0.1) is 17.2 Å². The van der Waals surface area contributed by atoms with Crippen molar-refractivity contribution >= 4 is 11.5 Å². The van der Waals surface area contributed by atoms with E-state index in [-0.39, 0.29) is 5.92 Å². The molecule has 2 aromatic rings. The summed E-state index contributed by atoms with van der Waals surface area (Å²) in [4.78, 5) is 15.7. The van der Waals surface area contributed by atoms with Crippen LogP contribution in [-0.4, -0.2) is 47.6 Å². The number of nitriles is 1. The molecule has 2 aliphatic heterocycles. The fourth-order valence-electron chi connectivity index (χ4n) is 7.36. The SMILES string of the molecule is CCCc1ccc(N)c(C#N)c1C1CCc2c(nc(CC(C)C3CCCN3C)nc2N2CCCCCC2)C1. The molecule has 2 saturated heterocycles. The van der Waals surface area contributed by atoms with Crippen molar-refractivity contribution in [2.75, 3.05) is 37.3 Å². The van der Waals surface area contributed by atoms with Gasteiger partial charge >= 0.3 is 0 Å². The van der Waals surface area contributed by atoms with Crippen LogP contribution in [0.5, 0.6) is 0 Å². The Balaban J connectivity index is 1.51. The van der Waals surface area contributed by atoms with Gasteiger partial charge in [0.05, 0.1) is 11.3 Å². The molecule has 0 radical (unpaired) electrons. The second-order valence-corrected chi connectivity index (χ2v) is 12.1. The fourth-order valence-corrected chi connectivity index (χ4v) is 7.36. The minimum Gasteiger partial charge on any atom is -0.398 e. The highest BCUT2D eigenvalue weighted by molar-refractivity contribution is 5.62. The first-order chi connectivity index (χ1) is 18.5. The molecule has 6 heteroatoms. The number of nitrogens with two attached hydrogens (primary N) is 1. The van der Waals surface area contributed by atoms with Crippen LogP contribution in [0.2, 0.25) is 0 Å². The van der Waals surface area contributed by atoms with Crippen LogP contribution in [0.4, 0.5) is 11.5 Å². The van der Waals surface area contributed by atoms with Crippen molar-refractivity contribution in [1.82, 2.24) is 14.9 Å². The maximum Gasteiger partial charge on any atom is 0.135 e. The molecule has 1 aromatic carbocycles. The van der Waals surface area contributed by atoms with Crippen LogP contribution in [0.1, 0.15) is 105 Å². The molecule has 5 rings (SSSR count). The fraction of sp³-hybridized carbons (Fsp3) is 0.656. The van der Waals surface area contributed by atoms with Gasteiger partial charge in [0.25, 0.3) is 0 Å². The predicted octanol–water partition coefficient (Wildman–Crippen LogP) is 5.81. The van der Waals surface area contributed by atoms with Gasteiger partial charge in [0.15, 0.2) is 0 Å². The van der Waals surface area contributed by atoms with E-state index >= 15 is 0 Å². The second-order valence-electron chi connectivity index (χ2n) is 12.1. The summed E-state index contributed by atoms with van der Waals surface area (Å²) in [6, 6.07) is 7.14. The van der Waals surface area contributed by atoms with Crippen molar-refractivity contribution in [3.8, 4) is 6.07 Å². The second kappa shape index (κ2) is 12.0. The molecule has 1 aromatic heterocycles. The number of hydrogen-bond donors (Lipinski definition) is 1. The van der Waals surface area contributed by atoms with Crippen LogP contribution >= 0.6 is 0 Å². The number of benzene rings is 1. The first kappa shape index (κ1) is 26.9. The summed E-state index contributed by atoms with van der Waals surface area (Å²) in [5, 5.41) is 10.1. The van der Waals surface area contributed by atoms with Crippen molar-refractivity contribution in [2.45, 2.75) is 103 Å². The molecule has 204 valence electrons. The zero-order chi connectivity index (χ0) is 26.6. The number of likely N-dealkylation sites (tertiary alicyclic amines) is 1. The summed E-state index contributed by atoms with van der Waals surface area (Å²) in [5.41, 5.74) is 12.7. The Morgan fingerprint density at radius 2 is 1.87 bits per heavy atom. The van der Waals surface area contributed by atoms with E-state index in [0.717, 1.165) is 57.4 Å². The third kappa shape index (κ3) is 5.54. The largest absolute Gasteiger partial charge is 0.398 e. The third-order valence-corrected chi connectivity index (χ3v) is 9.35. The Bertz CT molecular complexity index is 1160. The number of rotatable bonds is 7. The quantitative estimate of drug-likeness (QED) is 0.470. The Kier molecular flexibility index (Phi) is 8.53.